The number of thioether (sulfide) groups is 1. The number of likely N-dealkylation sites (N-methyl/N-ethyl adjacent to an activating group) is 1. The predicted octanol–water partition coefficient (Wildman–Crippen LogP) is 2.94. The van der Waals surface area contributed by atoms with Crippen LogP contribution in [0.5, 0.6) is 0 Å². The van der Waals surface area contributed by atoms with Gasteiger partial charge < -0.3 is 5.11 Å². The molecule has 1 aromatic rings. The van der Waals surface area contributed by atoms with Gasteiger partial charge in [-0.05, 0) is 24.7 Å². The Bertz CT molecular complexity index is 416. The number of hydrogen-bond donors (Lipinski definition) is 1. The summed E-state index contributed by atoms with van der Waals surface area (Å²) in [6.45, 7) is 1.03. The molecule has 0 amide bonds. The third-order valence-electron chi connectivity index (χ3n) is 3.33. The molecule has 1 fully saturated rings. The Balaban J connectivity index is 2.03. The zero-order valence-electron chi connectivity index (χ0n) is 10.3. The summed E-state index contributed by atoms with van der Waals surface area (Å²) in [5.41, 5.74) is 0.956. The number of aliphatic hydroxyl groups is 1. The zero-order valence-corrected chi connectivity index (χ0v) is 12.6. The number of hydrogen-bond acceptors (Lipinski definition) is 3. The summed E-state index contributed by atoms with van der Waals surface area (Å²) in [7, 11) is 2.07. The molecule has 1 aromatic carbocycles. The molecule has 2 unspecified atom stereocenters. The standard InChI is InChI=1S/C13H17Cl2NOS/c1-16-4-5-18-8-12(16)13(17)6-9-2-3-10(14)7-11(9)15/h2-3,7,12-13,17H,4-6,8H2,1H3. The van der Waals surface area contributed by atoms with E-state index in [2.05, 4.69) is 11.9 Å². The van der Waals surface area contributed by atoms with E-state index in [1.807, 2.05) is 23.9 Å². The van der Waals surface area contributed by atoms with Gasteiger partial charge >= 0.3 is 0 Å². The second kappa shape index (κ2) is 6.49. The van der Waals surface area contributed by atoms with Gasteiger partial charge in [-0.2, -0.15) is 11.8 Å². The van der Waals surface area contributed by atoms with Crippen LogP contribution in [0.4, 0.5) is 0 Å². The monoisotopic (exact) mass is 305 g/mol. The van der Waals surface area contributed by atoms with E-state index in [1.54, 1.807) is 6.07 Å². The lowest BCUT2D eigenvalue weighted by molar-refractivity contribution is 0.0763. The second-order valence-electron chi connectivity index (χ2n) is 4.63. The molecule has 0 aromatic heterocycles. The molecule has 1 heterocycles. The molecule has 1 saturated heterocycles. The van der Waals surface area contributed by atoms with E-state index >= 15 is 0 Å². The van der Waals surface area contributed by atoms with Gasteiger partial charge in [0.25, 0.3) is 0 Å². The lowest BCUT2D eigenvalue weighted by Crippen LogP contribution is -2.47. The van der Waals surface area contributed by atoms with Gasteiger partial charge in [-0.1, -0.05) is 29.3 Å². The highest BCUT2D eigenvalue weighted by molar-refractivity contribution is 7.99. The van der Waals surface area contributed by atoms with Crippen LogP contribution in [0.25, 0.3) is 0 Å². The number of benzene rings is 1. The molecule has 0 bridgehead atoms. The van der Waals surface area contributed by atoms with Crippen molar-refractivity contribution >= 4 is 35.0 Å². The smallest absolute Gasteiger partial charge is 0.0744 e. The van der Waals surface area contributed by atoms with Crippen LogP contribution in [0.3, 0.4) is 0 Å². The fraction of sp³-hybridized carbons (Fsp3) is 0.538. The van der Waals surface area contributed by atoms with Gasteiger partial charge in [0.2, 0.25) is 0 Å². The molecule has 0 spiro atoms. The molecule has 0 aliphatic carbocycles. The van der Waals surface area contributed by atoms with Crippen molar-refractivity contribution in [2.75, 3.05) is 25.1 Å². The highest BCUT2D eigenvalue weighted by atomic mass is 35.5. The largest absolute Gasteiger partial charge is 0.391 e. The molecule has 1 aliphatic heterocycles. The van der Waals surface area contributed by atoms with Crippen LogP contribution < -0.4 is 0 Å². The number of halogens is 2. The Morgan fingerprint density at radius 1 is 1.50 bits per heavy atom. The maximum absolute atomic E-state index is 10.3. The van der Waals surface area contributed by atoms with Gasteiger partial charge in [-0.3, -0.25) is 4.90 Å². The van der Waals surface area contributed by atoms with E-state index in [0.717, 1.165) is 23.6 Å². The van der Waals surface area contributed by atoms with E-state index in [4.69, 9.17) is 23.2 Å². The third kappa shape index (κ3) is 3.55. The minimum absolute atomic E-state index is 0.204. The minimum Gasteiger partial charge on any atom is -0.391 e. The highest BCUT2D eigenvalue weighted by Gasteiger charge is 2.26. The van der Waals surface area contributed by atoms with Gasteiger partial charge in [0, 0.05) is 40.6 Å². The van der Waals surface area contributed by atoms with Gasteiger partial charge in [-0.15, -0.1) is 0 Å². The number of rotatable bonds is 3. The fourth-order valence-electron chi connectivity index (χ4n) is 2.16. The van der Waals surface area contributed by atoms with Gasteiger partial charge in [-0.25, -0.2) is 0 Å². The van der Waals surface area contributed by atoms with Crippen LogP contribution in [0.1, 0.15) is 5.56 Å². The van der Waals surface area contributed by atoms with Crippen molar-refractivity contribution in [3.05, 3.63) is 33.8 Å². The summed E-state index contributed by atoms with van der Waals surface area (Å²) < 4.78 is 0. The van der Waals surface area contributed by atoms with E-state index in [0.29, 0.717) is 16.5 Å². The van der Waals surface area contributed by atoms with Gasteiger partial charge in [0.15, 0.2) is 0 Å². The van der Waals surface area contributed by atoms with Crippen molar-refractivity contribution in [3.8, 4) is 0 Å². The van der Waals surface area contributed by atoms with Crippen LogP contribution in [0.15, 0.2) is 18.2 Å². The molecule has 5 heteroatoms. The lowest BCUT2D eigenvalue weighted by atomic mass is 10.0. The SMILES string of the molecule is CN1CCSCC1C(O)Cc1ccc(Cl)cc1Cl. The van der Waals surface area contributed by atoms with Crippen LogP contribution in [-0.4, -0.2) is 47.3 Å². The molecule has 0 radical (unpaired) electrons. The van der Waals surface area contributed by atoms with Crippen LogP contribution >= 0.6 is 35.0 Å². The Hall–Kier alpha value is 0.0700. The molecular weight excluding hydrogens is 289 g/mol. The summed E-state index contributed by atoms with van der Waals surface area (Å²) in [4.78, 5) is 2.23. The van der Waals surface area contributed by atoms with Gasteiger partial charge in [0.05, 0.1) is 6.10 Å². The first kappa shape index (κ1) is 14.5. The first-order chi connectivity index (χ1) is 8.58. The molecule has 1 N–H and O–H groups in total. The molecule has 100 valence electrons. The molecular formula is C13H17Cl2NOS. The Morgan fingerprint density at radius 3 is 2.94 bits per heavy atom. The van der Waals surface area contributed by atoms with Gasteiger partial charge in [0.1, 0.15) is 0 Å². The quantitative estimate of drug-likeness (QED) is 0.929. The zero-order chi connectivity index (χ0) is 13.1. The summed E-state index contributed by atoms with van der Waals surface area (Å²) in [5.74, 6) is 2.12. The van der Waals surface area contributed by atoms with Crippen molar-refractivity contribution in [1.82, 2.24) is 4.90 Å². The lowest BCUT2D eigenvalue weighted by Gasteiger charge is -2.35. The van der Waals surface area contributed by atoms with E-state index in [-0.39, 0.29) is 12.1 Å². The minimum atomic E-state index is -0.388. The van der Waals surface area contributed by atoms with Crippen LogP contribution in [0, 0.1) is 0 Å². The summed E-state index contributed by atoms with van der Waals surface area (Å²) in [5, 5.41) is 11.6. The van der Waals surface area contributed by atoms with E-state index in [9.17, 15) is 5.11 Å². The highest BCUT2D eigenvalue weighted by Crippen LogP contribution is 2.25. The average Bonchev–Trinajstić information content (AvgIpc) is 2.33. The fourth-order valence-corrected chi connectivity index (χ4v) is 3.95. The second-order valence-corrected chi connectivity index (χ2v) is 6.62. The predicted molar refractivity (Wildman–Crippen MR) is 79.9 cm³/mol. The Labute approximate surface area is 122 Å². The van der Waals surface area contributed by atoms with Crippen LogP contribution in [0.2, 0.25) is 10.0 Å². The topological polar surface area (TPSA) is 23.5 Å². The van der Waals surface area contributed by atoms with Crippen molar-refractivity contribution in [1.29, 1.82) is 0 Å². The van der Waals surface area contributed by atoms with Crippen molar-refractivity contribution in [3.63, 3.8) is 0 Å². The summed E-state index contributed by atoms with van der Waals surface area (Å²) in [6.07, 6.45) is 0.187. The molecule has 18 heavy (non-hydrogen) atoms. The van der Waals surface area contributed by atoms with E-state index in [1.165, 1.54) is 0 Å². The molecule has 2 rings (SSSR count). The molecule has 2 atom stereocenters. The average molecular weight is 306 g/mol. The molecule has 1 aliphatic rings. The third-order valence-corrected chi connectivity index (χ3v) is 4.97. The summed E-state index contributed by atoms with van der Waals surface area (Å²) >= 11 is 13.9. The van der Waals surface area contributed by atoms with Crippen molar-refractivity contribution < 1.29 is 5.11 Å². The van der Waals surface area contributed by atoms with E-state index < -0.39 is 0 Å². The maximum Gasteiger partial charge on any atom is 0.0744 e. The molecule has 2 nitrogen and oxygen atoms in total. The van der Waals surface area contributed by atoms with Crippen molar-refractivity contribution in [2.24, 2.45) is 0 Å². The summed E-state index contributed by atoms with van der Waals surface area (Å²) in [6, 6.07) is 5.64. The Kier molecular flexibility index (Phi) is 5.22. The first-order valence-electron chi connectivity index (χ1n) is 5.98. The Morgan fingerprint density at radius 2 is 2.28 bits per heavy atom. The normalized spacial score (nSPS) is 23.0. The number of nitrogens with zero attached hydrogens (tertiary/aromatic N) is 1. The first-order valence-corrected chi connectivity index (χ1v) is 7.89. The maximum atomic E-state index is 10.3. The number of aliphatic hydroxyl groups excluding tert-OH is 1. The molecule has 0 saturated carbocycles. The van der Waals surface area contributed by atoms with Crippen LogP contribution in [-0.2, 0) is 6.42 Å². The van der Waals surface area contributed by atoms with Crippen molar-refractivity contribution in [2.45, 2.75) is 18.6 Å².